The molecule has 2 heterocycles. The number of hydrogen-bond donors (Lipinski definition) is 3. The van der Waals surface area contributed by atoms with Gasteiger partial charge in [0.15, 0.2) is 0 Å². The van der Waals surface area contributed by atoms with Crippen molar-refractivity contribution in [1.82, 2.24) is 5.01 Å². The van der Waals surface area contributed by atoms with Crippen LogP contribution in [0.25, 0.3) is 0 Å². The van der Waals surface area contributed by atoms with Crippen LogP contribution in [0, 0.1) is 23.7 Å². The lowest BCUT2D eigenvalue weighted by atomic mass is 9.49. The largest absolute Gasteiger partial charge is 0.508 e. The molecule has 4 amide bonds. The van der Waals surface area contributed by atoms with Crippen LogP contribution in [0.5, 0.6) is 11.5 Å². The van der Waals surface area contributed by atoms with Gasteiger partial charge in [-0.2, -0.15) is 5.01 Å². The number of allylic oxidation sites excluding steroid dienone is 2. The summed E-state index contributed by atoms with van der Waals surface area (Å²) >= 11 is 19.6. The van der Waals surface area contributed by atoms with Gasteiger partial charge < -0.3 is 14.9 Å². The van der Waals surface area contributed by atoms with Crippen LogP contribution in [0.4, 0.5) is 11.4 Å². The minimum absolute atomic E-state index is 0.00433. The van der Waals surface area contributed by atoms with Gasteiger partial charge in [0, 0.05) is 16.0 Å². The summed E-state index contributed by atoms with van der Waals surface area (Å²) in [6.07, 6.45) is 2.01. The number of rotatable bonds is 7. The lowest BCUT2D eigenvalue weighted by molar-refractivity contribution is -0.138. The van der Waals surface area contributed by atoms with Crippen LogP contribution < -0.4 is 15.1 Å². The summed E-state index contributed by atoms with van der Waals surface area (Å²) in [6, 6.07) is 21.5. The fraction of sp³-hybridized carbons (Fsp3) is 0.225. The summed E-state index contributed by atoms with van der Waals surface area (Å²) in [5, 5.41) is 21.6. The molecule has 0 aromatic heterocycles. The number of imide groups is 2. The molecule has 4 aliphatic rings. The smallest absolute Gasteiger partial charge is 0.335 e. The molecule has 0 radical (unpaired) electrons. The van der Waals surface area contributed by atoms with E-state index in [0.717, 1.165) is 9.91 Å². The van der Waals surface area contributed by atoms with Gasteiger partial charge in [0.1, 0.15) is 11.5 Å². The Hall–Kier alpha value is -5.36. The molecular weight excluding hydrogens is 757 g/mol. The molecule has 2 aliphatic heterocycles. The molecule has 8 rings (SSSR count). The summed E-state index contributed by atoms with van der Waals surface area (Å²) < 4.78 is 5.44. The molecule has 274 valence electrons. The zero-order valence-corrected chi connectivity index (χ0v) is 30.6. The first kappa shape index (κ1) is 35.7. The molecule has 3 fully saturated rings. The average molecular weight is 787 g/mol. The molecular formula is C40H30Cl3N3O8. The maximum Gasteiger partial charge on any atom is 0.335 e. The SMILES string of the molecule is COc1ccc(C23C(=O)N(Nc4ccc(Cl)cc4Cl)C(=O)C2CC2C(=CCC4C(=O)N(c5cccc(C(=O)O)c5)C(=O)C42)C3c2ccc(O)cc2Cl)cc1. The van der Waals surface area contributed by atoms with Crippen LogP contribution in [0.1, 0.15) is 40.2 Å². The van der Waals surface area contributed by atoms with E-state index in [-0.39, 0.29) is 45.6 Å². The summed E-state index contributed by atoms with van der Waals surface area (Å²) in [6.45, 7) is 0. The Kier molecular flexibility index (Phi) is 8.71. The quantitative estimate of drug-likeness (QED) is 0.130. The van der Waals surface area contributed by atoms with Crippen molar-refractivity contribution < 1.29 is 38.9 Å². The number of carboxylic acid groups (broad SMARTS) is 1. The number of anilines is 2. The van der Waals surface area contributed by atoms with Crippen LogP contribution in [0.15, 0.2) is 96.6 Å². The number of carbonyl (C=O) groups excluding carboxylic acids is 4. The third kappa shape index (κ3) is 5.28. The van der Waals surface area contributed by atoms with E-state index in [9.17, 15) is 29.4 Å². The second-order valence-electron chi connectivity index (χ2n) is 13.8. The topological polar surface area (TPSA) is 154 Å². The predicted molar refractivity (Wildman–Crippen MR) is 200 cm³/mol. The normalized spacial score (nSPS) is 25.9. The van der Waals surface area contributed by atoms with Crippen LogP contribution >= 0.6 is 34.8 Å². The van der Waals surface area contributed by atoms with E-state index in [1.807, 2.05) is 6.08 Å². The van der Waals surface area contributed by atoms with Crippen molar-refractivity contribution in [3.05, 3.63) is 128 Å². The first-order valence-corrected chi connectivity index (χ1v) is 18.1. The minimum Gasteiger partial charge on any atom is -0.508 e. The standard InChI is InChI=1S/C40H30Cl3N3O8/c1-54-24-9-5-20(6-10-24)40-29(36(49)46(39(40)53)44-32-14-7-21(41)16-31(32)43)18-28-25(34(40)26-11-8-23(47)17-30(26)42)12-13-27-33(28)37(50)45(35(27)48)22-4-2-3-19(15-22)38(51)52/h2-12,14-17,27-29,33-34,44,47H,13,18H2,1H3,(H,51,52). The average Bonchev–Trinajstić information content (AvgIpc) is 3.53. The maximum atomic E-state index is 15.4. The summed E-state index contributed by atoms with van der Waals surface area (Å²) in [5.41, 5.74) is 3.14. The molecule has 0 spiro atoms. The Balaban J connectivity index is 1.33. The fourth-order valence-electron chi connectivity index (χ4n) is 8.97. The summed E-state index contributed by atoms with van der Waals surface area (Å²) in [5.74, 6) is -7.54. The van der Waals surface area contributed by atoms with Gasteiger partial charge in [-0.1, -0.05) is 70.7 Å². The molecule has 6 atom stereocenters. The second-order valence-corrected chi connectivity index (χ2v) is 15.0. The number of aromatic carboxylic acids is 1. The van der Waals surface area contributed by atoms with Gasteiger partial charge >= 0.3 is 5.97 Å². The second kappa shape index (κ2) is 13.2. The highest BCUT2D eigenvalue weighted by Gasteiger charge is 2.70. The first-order valence-electron chi connectivity index (χ1n) is 17.0. The predicted octanol–water partition coefficient (Wildman–Crippen LogP) is 7.25. The van der Waals surface area contributed by atoms with Crippen molar-refractivity contribution in [3.63, 3.8) is 0 Å². The Labute approximate surface area is 323 Å². The van der Waals surface area contributed by atoms with Gasteiger partial charge in [0.2, 0.25) is 11.8 Å². The number of ether oxygens (including phenoxy) is 1. The van der Waals surface area contributed by atoms with Crippen LogP contribution in [-0.2, 0) is 24.6 Å². The molecule has 54 heavy (non-hydrogen) atoms. The number of aromatic hydroxyl groups is 1. The van der Waals surface area contributed by atoms with E-state index in [1.165, 1.54) is 49.6 Å². The van der Waals surface area contributed by atoms with Gasteiger partial charge in [-0.3, -0.25) is 29.5 Å². The van der Waals surface area contributed by atoms with Crippen molar-refractivity contribution in [2.75, 3.05) is 17.4 Å². The van der Waals surface area contributed by atoms with Gasteiger partial charge in [-0.25, -0.2) is 4.79 Å². The highest BCUT2D eigenvalue weighted by atomic mass is 35.5. The third-order valence-electron chi connectivity index (χ3n) is 11.2. The van der Waals surface area contributed by atoms with Crippen LogP contribution in [-0.4, -0.2) is 51.9 Å². The lowest BCUT2D eigenvalue weighted by Crippen LogP contribution is -2.53. The van der Waals surface area contributed by atoms with E-state index >= 15 is 4.79 Å². The number of nitrogens with zero attached hydrogens (tertiary/aromatic N) is 2. The number of methoxy groups -OCH3 is 1. The van der Waals surface area contributed by atoms with E-state index in [1.54, 1.807) is 42.5 Å². The van der Waals surface area contributed by atoms with E-state index in [2.05, 4.69) is 5.43 Å². The fourth-order valence-corrected chi connectivity index (χ4v) is 9.71. The van der Waals surface area contributed by atoms with Crippen LogP contribution in [0.2, 0.25) is 15.1 Å². The first-order chi connectivity index (χ1) is 25.9. The number of nitrogens with one attached hydrogen (secondary N) is 1. The van der Waals surface area contributed by atoms with E-state index in [0.29, 0.717) is 27.5 Å². The van der Waals surface area contributed by atoms with Gasteiger partial charge in [0.25, 0.3) is 11.8 Å². The number of halogens is 3. The van der Waals surface area contributed by atoms with Gasteiger partial charge in [0.05, 0.1) is 52.2 Å². The summed E-state index contributed by atoms with van der Waals surface area (Å²) in [7, 11) is 1.51. The molecule has 4 aromatic rings. The highest BCUT2D eigenvalue weighted by Crippen LogP contribution is 2.65. The molecule has 14 heteroatoms. The van der Waals surface area contributed by atoms with Crippen molar-refractivity contribution in [2.45, 2.75) is 24.2 Å². The Morgan fingerprint density at radius 2 is 1.63 bits per heavy atom. The van der Waals surface area contributed by atoms with Gasteiger partial charge in [-0.05, 0) is 90.6 Å². The third-order valence-corrected chi connectivity index (χ3v) is 12.1. The number of hydrogen-bond acceptors (Lipinski definition) is 8. The number of amides is 4. The van der Waals surface area contributed by atoms with E-state index < -0.39 is 64.6 Å². The number of phenols is 1. The highest BCUT2D eigenvalue weighted by molar-refractivity contribution is 6.36. The Morgan fingerprint density at radius 1 is 0.870 bits per heavy atom. The van der Waals surface area contributed by atoms with E-state index in [4.69, 9.17) is 39.5 Å². The molecule has 2 aliphatic carbocycles. The molecule has 11 nitrogen and oxygen atoms in total. The number of fused-ring (bicyclic) bond motifs is 4. The van der Waals surface area contributed by atoms with Crippen molar-refractivity contribution in [3.8, 4) is 11.5 Å². The van der Waals surface area contributed by atoms with Crippen molar-refractivity contribution in [1.29, 1.82) is 0 Å². The summed E-state index contributed by atoms with van der Waals surface area (Å²) in [4.78, 5) is 71.7. The maximum absolute atomic E-state index is 15.4. The number of benzene rings is 4. The molecule has 1 saturated carbocycles. The zero-order chi connectivity index (χ0) is 38.2. The van der Waals surface area contributed by atoms with Gasteiger partial charge in [-0.15, -0.1) is 0 Å². The number of carbonyl (C=O) groups is 5. The molecule has 0 bridgehead atoms. The van der Waals surface area contributed by atoms with Crippen molar-refractivity contribution >= 4 is 75.8 Å². The zero-order valence-electron chi connectivity index (χ0n) is 28.3. The molecule has 2 saturated heterocycles. The Bertz CT molecular complexity index is 2330. The monoisotopic (exact) mass is 785 g/mol. The molecule has 3 N–H and O–H groups in total. The number of carboxylic acids is 1. The molecule has 6 unspecified atom stereocenters. The van der Waals surface area contributed by atoms with Crippen molar-refractivity contribution in [2.24, 2.45) is 23.7 Å². The number of phenolic OH excluding ortho intramolecular Hbond substituents is 1. The minimum atomic E-state index is -1.65. The Morgan fingerprint density at radius 3 is 2.31 bits per heavy atom. The van der Waals surface area contributed by atoms with Crippen LogP contribution in [0.3, 0.4) is 0 Å². The number of hydrazine groups is 1. The molecule has 4 aromatic carbocycles. The lowest BCUT2D eigenvalue weighted by Gasteiger charge is -2.50.